The lowest BCUT2D eigenvalue weighted by Gasteiger charge is -2.15. The Morgan fingerprint density at radius 1 is 1.28 bits per heavy atom. The molecule has 0 amide bonds. The van der Waals surface area contributed by atoms with Gasteiger partial charge in [-0.15, -0.1) is 5.10 Å². The van der Waals surface area contributed by atoms with E-state index < -0.39 is 0 Å². The number of Topliss-reactive ketones (excluding diaryl/α,β-unsaturated/α-hetero) is 1. The number of hydrogen-bond donors (Lipinski definition) is 0. The molecular formula is C12H18N4OS. The molecule has 6 heteroatoms. The Morgan fingerprint density at radius 2 is 2.06 bits per heavy atom. The standard InChI is InChI=1S/C12H18N4OS/c1-8-10(17)6-7-11(8)18-12-13-14-15-16(12)9-4-2-3-5-9/h8-9,11H,2-7H2,1H3. The number of ketones is 1. The van der Waals surface area contributed by atoms with E-state index in [-0.39, 0.29) is 5.92 Å². The third kappa shape index (κ3) is 2.18. The zero-order chi connectivity index (χ0) is 12.5. The summed E-state index contributed by atoms with van der Waals surface area (Å²) in [6.45, 7) is 2.02. The summed E-state index contributed by atoms with van der Waals surface area (Å²) >= 11 is 1.69. The van der Waals surface area contributed by atoms with Crippen molar-refractivity contribution in [3.8, 4) is 0 Å². The Kier molecular flexibility index (Phi) is 3.37. The molecule has 98 valence electrons. The minimum atomic E-state index is 0.142. The van der Waals surface area contributed by atoms with E-state index in [4.69, 9.17) is 0 Å². The molecule has 0 radical (unpaired) electrons. The molecule has 0 spiro atoms. The van der Waals surface area contributed by atoms with Gasteiger partial charge in [0.25, 0.3) is 0 Å². The van der Waals surface area contributed by atoms with Crippen LogP contribution < -0.4 is 0 Å². The number of tetrazole rings is 1. The molecule has 1 aromatic rings. The van der Waals surface area contributed by atoms with Crippen molar-refractivity contribution in [2.45, 2.75) is 61.9 Å². The van der Waals surface area contributed by atoms with Crippen LogP contribution in [-0.4, -0.2) is 31.2 Å². The number of rotatable bonds is 3. The average molecular weight is 266 g/mol. The fourth-order valence-electron chi connectivity index (χ4n) is 2.91. The highest BCUT2D eigenvalue weighted by Crippen LogP contribution is 2.38. The molecule has 2 fully saturated rings. The average Bonchev–Trinajstić information content (AvgIpc) is 3.06. The normalized spacial score (nSPS) is 29.3. The highest BCUT2D eigenvalue weighted by molar-refractivity contribution is 7.99. The predicted molar refractivity (Wildman–Crippen MR) is 68.4 cm³/mol. The molecule has 5 nitrogen and oxygen atoms in total. The third-order valence-corrected chi connectivity index (χ3v) is 5.56. The Labute approximate surface area is 111 Å². The van der Waals surface area contributed by atoms with Crippen molar-refractivity contribution in [2.24, 2.45) is 5.92 Å². The summed E-state index contributed by atoms with van der Waals surface area (Å²) in [5.74, 6) is 0.524. The molecule has 1 aromatic heterocycles. The first-order valence-electron chi connectivity index (χ1n) is 6.73. The summed E-state index contributed by atoms with van der Waals surface area (Å²) in [5, 5.41) is 13.3. The van der Waals surface area contributed by atoms with Crippen LogP contribution in [-0.2, 0) is 4.79 Å². The zero-order valence-corrected chi connectivity index (χ0v) is 11.4. The van der Waals surface area contributed by atoms with Crippen LogP contribution in [0, 0.1) is 5.92 Å². The van der Waals surface area contributed by atoms with Crippen LogP contribution in [0.3, 0.4) is 0 Å². The highest BCUT2D eigenvalue weighted by atomic mass is 32.2. The molecule has 0 aromatic carbocycles. The zero-order valence-electron chi connectivity index (χ0n) is 10.6. The minimum absolute atomic E-state index is 0.142. The number of nitrogens with zero attached hydrogens (tertiary/aromatic N) is 4. The molecule has 2 saturated carbocycles. The van der Waals surface area contributed by atoms with Gasteiger partial charge >= 0.3 is 0 Å². The van der Waals surface area contributed by atoms with Gasteiger partial charge in [-0.25, -0.2) is 4.68 Å². The van der Waals surface area contributed by atoms with Crippen molar-refractivity contribution in [1.29, 1.82) is 0 Å². The maximum Gasteiger partial charge on any atom is 0.209 e. The molecule has 2 aliphatic carbocycles. The maximum atomic E-state index is 11.6. The lowest BCUT2D eigenvalue weighted by molar-refractivity contribution is -0.120. The van der Waals surface area contributed by atoms with E-state index in [0.717, 1.165) is 11.6 Å². The minimum Gasteiger partial charge on any atom is -0.299 e. The summed E-state index contributed by atoms with van der Waals surface area (Å²) in [4.78, 5) is 11.6. The Hall–Kier alpha value is -0.910. The summed E-state index contributed by atoms with van der Waals surface area (Å²) < 4.78 is 1.98. The second kappa shape index (κ2) is 4.99. The van der Waals surface area contributed by atoms with Crippen molar-refractivity contribution >= 4 is 17.5 Å². The first-order valence-corrected chi connectivity index (χ1v) is 7.61. The molecule has 2 unspecified atom stereocenters. The highest BCUT2D eigenvalue weighted by Gasteiger charge is 2.33. The second-order valence-electron chi connectivity index (χ2n) is 5.29. The second-order valence-corrected chi connectivity index (χ2v) is 6.50. The smallest absolute Gasteiger partial charge is 0.209 e. The number of aromatic nitrogens is 4. The van der Waals surface area contributed by atoms with Crippen LogP contribution in [0.5, 0.6) is 0 Å². The molecule has 0 saturated heterocycles. The topological polar surface area (TPSA) is 60.7 Å². The third-order valence-electron chi connectivity index (χ3n) is 4.13. The van der Waals surface area contributed by atoms with E-state index in [1.165, 1.54) is 25.7 Å². The van der Waals surface area contributed by atoms with Gasteiger partial charge in [0.2, 0.25) is 5.16 Å². The molecule has 18 heavy (non-hydrogen) atoms. The summed E-state index contributed by atoms with van der Waals surface area (Å²) in [7, 11) is 0. The lowest BCUT2D eigenvalue weighted by Crippen LogP contribution is -2.15. The van der Waals surface area contributed by atoms with Crippen LogP contribution in [0.4, 0.5) is 0 Å². The van der Waals surface area contributed by atoms with Crippen LogP contribution in [0.1, 0.15) is 51.5 Å². The van der Waals surface area contributed by atoms with Gasteiger partial charge < -0.3 is 0 Å². The van der Waals surface area contributed by atoms with Gasteiger partial charge in [-0.05, 0) is 29.7 Å². The number of thioether (sulfide) groups is 1. The van der Waals surface area contributed by atoms with Gasteiger partial charge in [-0.3, -0.25) is 4.79 Å². The van der Waals surface area contributed by atoms with Gasteiger partial charge in [-0.1, -0.05) is 31.5 Å². The maximum absolute atomic E-state index is 11.6. The van der Waals surface area contributed by atoms with Crippen molar-refractivity contribution in [2.75, 3.05) is 0 Å². The lowest BCUT2D eigenvalue weighted by atomic mass is 10.1. The Bertz CT molecular complexity index is 441. The largest absolute Gasteiger partial charge is 0.299 e. The SMILES string of the molecule is CC1C(=O)CCC1Sc1nnnn1C1CCCC1. The van der Waals surface area contributed by atoms with Gasteiger partial charge in [0.1, 0.15) is 5.78 Å². The summed E-state index contributed by atoms with van der Waals surface area (Å²) in [5.41, 5.74) is 0. The quantitative estimate of drug-likeness (QED) is 0.839. The van der Waals surface area contributed by atoms with E-state index in [9.17, 15) is 4.79 Å². The molecule has 2 aliphatic rings. The van der Waals surface area contributed by atoms with Crippen LogP contribution in [0.25, 0.3) is 0 Å². The summed E-state index contributed by atoms with van der Waals surface area (Å²) in [6, 6.07) is 0.468. The van der Waals surface area contributed by atoms with Crippen molar-refractivity contribution in [1.82, 2.24) is 20.2 Å². The van der Waals surface area contributed by atoms with E-state index in [0.29, 0.717) is 23.5 Å². The molecule has 2 atom stereocenters. The molecule has 3 rings (SSSR count). The number of carbonyl (C=O) groups is 1. The van der Waals surface area contributed by atoms with Crippen LogP contribution in [0.2, 0.25) is 0 Å². The van der Waals surface area contributed by atoms with Crippen LogP contribution in [0.15, 0.2) is 5.16 Å². The van der Waals surface area contributed by atoms with Crippen LogP contribution >= 0.6 is 11.8 Å². The first kappa shape index (κ1) is 12.1. The van der Waals surface area contributed by atoms with E-state index in [1.807, 2.05) is 11.6 Å². The fraction of sp³-hybridized carbons (Fsp3) is 0.833. The molecule has 0 aliphatic heterocycles. The number of hydrogen-bond acceptors (Lipinski definition) is 5. The van der Waals surface area contributed by atoms with Gasteiger partial charge in [0.05, 0.1) is 6.04 Å². The van der Waals surface area contributed by atoms with Crippen molar-refractivity contribution in [3.63, 3.8) is 0 Å². The molecule has 0 N–H and O–H groups in total. The molecule has 0 bridgehead atoms. The first-order chi connectivity index (χ1) is 8.75. The molecule has 1 heterocycles. The van der Waals surface area contributed by atoms with Gasteiger partial charge in [0.15, 0.2) is 0 Å². The van der Waals surface area contributed by atoms with Gasteiger partial charge in [0, 0.05) is 17.6 Å². The van der Waals surface area contributed by atoms with E-state index in [1.54, 1.807) is 11.8 Å². The molecular weight excluding hydrogens is 248 g/mol. The van der Waals surface area contributed by atoms with Crippen molar-refractivity contribution < 1.29 is 4.79 Å². The summed E-state index contributed by atoms with van der Waals surface area (Å²) in [6.07, 6.45) is 6.57. The number of carbonyl (C=O) groups excluding carboxylic acids is 1. The monoisotopic (exact) mass is 266 g/mol. The van der Waals surface area contributed by atoms with Gasteiger partial charge in [-0.2, -0.15) is 0 Å². The van der Waals surface area contributed by atoms with E-state index in [2.05, 4.69) is 15.5 Å². The Morgan fingerprint density at radius 3 is 2.72 bits per heavy atom. The fourth-order valence-corrected chi connectivity index (χ4v) is 4.15. The van der Waals surface area contributed by atoms with E-state index >= 15 is 0 Å². The van der Waals surface area contributed by atoms with Crippen molar-refractivity contribution in [3.05, 3.63) is 0 Å². The predicted octanol–water partition coefficient (Wildman–Crippen LogP) is 2.25. The Balaban J connectivity index is 1.73.